The van der Waals surface area contributed by atoms with E-state index in [-0.39, 0.29) is 11.9 Å². The summed E-state index contributed by atoms with van der Waals surface area (Å²) in [6.07, 6.45) is 3.85. The highest BCUT2D eigenvalue weighted by Crippen LogP contribution is 2.35. The molecule has 0 heterocycles. The fraction of sp³-hybridized carbons (Fsp3) is 0.562. The predicted molar refractivity (Wildman–Crippen MR) is 79.5 cm³/mol. The number of hydrogen-bond donors (Lipinski definition) is 2. The molecule has 1 aromatic carbocycles. The number of carbonyl (C=O) groups is 1. The molecule has 19 heavy (non-hydrogen) atoms. The first kappa shape index (κ1) is 13.9. The molecule has 0 bridgehead atoms. The van der Waals surface area contributed by atoms with Crippen LogP contribution in [0.4, 0.5) is 5.69 Å². The summed E-state index contributed by atoms with van der Waals surface area (Å²) in [5.74, 6) is 0.838. The normalized spacial score (nSPS) is 16.2. The molecular weight excluding hydrogens is 236 g/mol. The first-order valence-electron chi connectivity index (χ1n) is 7.27. The Kier molecular flexibility index (Phi) is 4.46. The van der Waals surface area contributed by atoms with Crippen LogP contribution in [-0.4, -0.2) is 18.0 Å². The third kappa shape index (κ3) is 3.98. The molecule has 1 unspecified atom stereocenters. The number of anilines is 1. The molecule has 1 fully saturated rings. The standard InChI is InChI=1S/C16H24N2O/c1-4-15(12-5-6-12)18-14-9-7-13(8-10-14)16(19)17-11(2)3/h7-12,15,18H,4-6H2,1-3H3,(H,17,19). The van der Waals surface area contributed by atoms with Crippen molar-refractivity contribution in [3.05, 3.63) is 29.8 Å². The third-order valence-corrected chi connectivity index (χ3v) is 3.55. The Bertz CT molecular complexity index is 421. The second-order valence-electron chi connectivity index (χ2n) is 5.70. The van der Waals surface area contributed by atoms with Gasteiger partial charge >= 0.3 is 0 Å². The zero-order valence-electron chi connectivity index (χ0n) is 12.1. The van der Waals surface area contributed by atoms with E-state index in [2.05, 4.69) is 17.6 Å². The molecule has 1 saturated carbocycles. The van der Waals surface area contributed by atoms with Crippen LogP contribution >= 0.6 is 0 Å². The maximum Gasteiger partial charge on any atom is 0.251 e. The highest BCUT2D eigenvalue weighted by atomic mass is 16.1. The minimum atomic E-state index is -0.00390. The van der Waals surface area contributed by atoms with Gasteiger partial charge in [-0.15, -0.1) is 0 Å². The fourth-order valence-electron chi connectivity index (χ4n) is 2.33. The van der Waals surface area contributed by atoms with Gasteiger partial charge in [-0.2, -0.15) is 0 Å². The highest BCUT2D eigenvalue weighted by Gasteiger charge is 2.29. The molecule has 104 valence electrons. The van der Waals surface area contributed by atoms with Gasteiger partial charge in [0.25, 0.3) is 5.91 Å². The molecule has 0 saturated heterocycles. The van der Waals surface area contributed by atoms with E-state index in [1.165, 1.54) is 12.8 Å². The maximum absolute atomic E-state index is 11.8. The number of hydrogen-bond acceptors (Lipinski definition) is 2. The first-order chi connectivity index (χ1) is 9.10. The molecule has 2 rings (SSSR count). The zero-order chi connectivity index (χ0) is 13.8. The van der Waals surface area contributed by atoms with Crippen LogP contribution in [0.1, 0.15) is 50.4 Å². The summed E-state index contributed by atoms with van der Waals surface area (Å²) in [6.45, 7) is 6.16. The monoisotopic (exact) mass is 260 g/mol. The van der Waals surface area contributed by atoms with Crippen molar-refractivity contribution < 1.29 is 4.79 Å². The smallest absolute Gasteiger partial charge is 0.251 e. The maximum atomic E-state index is 11.8. The van der Waals surface area contributed by atoms with Gasteiger partial charge < -0.3 is 10.6 Å². The lowest BCUT2D eigenvalue weighted by atomic mass is 10.1. The van der Waals surface area contributed by atoms with E-state index in [9.17, 15) is 4.79 Å². The fourth-order valence-corrected chi connectivity index (χ4v) is 2.33. The minimum absolute atomic E-state index is 0.00390. The minimum Gasteiger partial charge on any atom is -0.382 e. The molecule has 1 aliphatic rings. The number of rotatable bonds is 6. The Morgan fingerprint density at radius 3 is 2.37 bits per heavy atom. The topological polar surface area (TPSA) is 41.1 Å². The lowest BCUT2D eigenvalue weighted by molar-refractivity contribution is 0.0943. The largest absolute Gasteiger partial charge is 0.382 e. The Morgan fingerprint density at radius 1 is 1.26 bits per heavy atom. The van der Waals surface area contributed by atoms with E-state index in [0.717, 1.165) is 23.6 Å². The lowest BCUT2D eigenvalue weighted by Gasteiger charge is -2.17. The van der Waals surface area contributed by atoms with E-state index < -0.39 is 0 Å². The number of carbonyl (C=O) groups excluding carboxylic acids is 1. The summed E-state index contributed by atoms with van der Waals surface area (Å²) in [5.41, 5.74) is 1.83. The molecule has 1 aromatic rings. The summed E-state index contributed by atoms with van der Waals surface area (Å²) in [5, 5.41) is 6.47. The lowest BCUT2D eigenvalue weighted by Crippen LogP contribution is -2.30. The Balaban J connectivity index is 1.95. The van der Waals surface area contributed by atoms with Crippen LogP contribution in [0.25, 0.3) is 0 Å². The summed E-state index contributed by atoms with van der Waals surface area (Å²) in [4.78, 5) is 11.8. The van der Waals surface area contributed by atoms with Crippen molar-refractivity contribution in [3.8, 4) is 0 Å². The molecule has 3 nitrogen and oxygen atoms in total. The van der Waals surface area contributed by atoms with Crippen molar-refractivity contribution in [1.82, 2.24) is 5.32 Å². The molecular formula is C16H24N2O. The number of amides is 1. The van der Waals surface area contributed by atoms with Gasteiger partial charge in [-0.05, 0) is 63.3 Å². The van der Waals surface area contributed by atoms with Crippen LogP contribution in [0.15, 0.2) is 24.3 Å². The van der Waals surface area contributed by atoms with Gasteiger partial charge in [0.15, 0.2) is 0 Å². The van der Waals surface area contributed by atoms with E-state index >= 15 is 0 Å². The van der Waals surface area contributed by atoms with E-state index in [1.54, 1.807) is 0 Å². The molecule has 1 amide bonds. The van der Waals surface area contributed by atoms with Crippen LogP contribution in [0, 0.1) is 5.92 Å². The highest BCUT2D eigenvalue weighted by molar-refractivity contribution is 5.94. The molecule has 1 atom stereocenters. The van der Waals surface area contributed by atoms with Crippen molar-refractivity contribution in [2.75, 3.05) is 5.32 Å². The Hall–Kier alpha value is -1.51. The van der Waals surface area contributed by atoms with Gasteiger partial charge in [0, 0.05) is 23.3 Å². The van der Waals surface area contributed by atoms with Crippen molar-refractivity contribution in [2.24, 2.45) is 5.92 Å². The van der Waals surface area contributed by atoms with E-state index in [0.29, 0.717) is 6.04 Å². The predicted octanol–water partition coefficient (Wildman–Crippen LogP) is 3.43. The van der Waals surface area contributed by atoms with Crippen molar-refractivity contribution >= 4 is 11.6 Å². The van der Waals surface area contributed by atoms with Gasteiger partial charge in [0.05, 0.1) is 0 Å². The summed E-state index contributed by atoms with van der Waals surface area (Å²) < 4.78 is 0. The zero-order valence-corrected chi connectivity index (χ0v) is 12.1. The average Bonchev–Trinajstić information content (AvgIpc) is 3.20. The Morgan fingerprint density at radius 2 is 1.89 bits per heavy atom. The van der Waals surface area contributed by atoms with Crippen LogP contribution < -0.4 is 10.6 Å². The quantitative estimate of drug-likeness (QED) is 0.822. The van der Waals surface area contributed by atoms with Crippen molar-refractivity contribution in [1.29, 1.82) is 0 Å². The second kappa shape index (κ2) is 6.09. The molecule has 0 aromatic heterocycles. The SMILES string of the molecule is CCC(Nc1ccc(C(=O)NC(C)C)cc1)C1CC1. The molecule has 1 aliphatic carbocycles. The third-order valence-electron chi connectivity index (χ3n) is 3.55. The first-order valence-corrected chi connectivity index (χ1v) is 7.27. The van der Waals surface area contributed by atoms with Crippen LogP contribution in [-0.2, 0) is 0 Å². The molecule has 0 spiro atoms. The number of benzene rings is 1. The van der Waals surface area contributed by atoms with Crippen molar-refractivity contribution in [2.45, 2.75) is 52.1 Å². The van der Waals surface area contributed by atoms with Crippen LogP contribution in [0.2, 0.25) is 0 Å². The average molecular weight is 260 g/mol. The van der Waals surface area contributed by atoms with Crippen LogP contribution in [0.3, 0.4) is 0 Å². The van der Waals surface area contributed by atoms with Crippen molar-refractivity contribution in [3.63, 3.8) is 0 Å². The van der Waals surface area contributed by atoms with E-state index in [4.69, 9.17) is 0 Å². The van der Waals surface area contributed by atoms with Gasteiger partial charge in [-0.25, -0.2) is 0 Å². The summed E-state index contributed by atoms with van der Waals surface area (Å²) in [6, 6.07) is 8.53. The van der Waals surface area contributed by atoms with Gasteiger partial charge in [-0.3, -0.25) is 4.79 Å². The molecule has 0 aliphatic heterocycles. The second-order valence-corrected chi connectivity index (χ2v) is 5.70. The van der Waals surface area contributed by atoms with Gasteiger partial charge in [0.1, 0.15) is 0 Å². The summed E-state index contributed by atoms with van der Waals surface area (Å²) in [7, 11) is 0. The Labute approximate surface area is 115 Å². The number of nitrogens with one attached hydrogen (secondary N) is 2. The van der Waals surface area contributed by atoms with Gasteiger partial charge in [0.2, 0.25) is 0 Å². The molecule has 2 N–H and O–H groups in total. The van der Waals surface area contributed by atoms with E-state index in [1.807, 2.05) is 38.1 Å². The summed E-state index contributed by atoms with van der Waals surface area (Å²) >= 11 is 0. The van der Waals surface area contributed by atoms with Crippen LogP contribution in [0.5, 0.6) is 0 Å². The van der Waals surface area contributed by atoms with Gasteiger partial charge in [-0.1, -0.05) is 6.92 Å². The molecule has 3 heteroatoms. The molecule has 0 radical (unpaired) electrons.